The van der Waals surface area contributed by atoms with Crippen LogP contribution in [0.1, 0.15) is 15.9 Å². The molecule has 0 bridgehead atoms. The third-order valence-electron chi connectivity index (χ3n) is 4.61. The number of aromatic amines is 1. The maximum atomic E-state index is 12.7. The van der Waals surface area contributed by atoms with Crippen LogP contribution in [0.25, 0.3) is 11.0 Å². The topological polar surface area (TPSA) is 114 Å². The zero-order valence-electron chi connectivity index (χ0n) is 16.6. The van der Waals surface area contributed by atoms with Crippen molar-refractivity contribution >= 4 is 26.8 Å². The molecule has 8 nitrogen and oxygen atoms in total. The molecule has 170 valence electrons. The maximum Gasteiger partial charge on any atom is 0.573 e. The van der Waals surface area contributed by atoms with Gasteiger partial charge in [0.25, 0.3) is 5.91 Å². The molecule has 0 atom stereocenters. The van der Waals surface area contributed by atoms with Crippen LogP contribution in [0.2, 0.25) is 0 Å². The van der Waals surface area contributed by atoms with Gasteiger partial charge in [0.05, 0.1) is 21.6 Å². The predicted molar refractivity (Wildman–Crippen MR) is 110 cm³/mol. The molecule has 33 heavy (non-hydrogen) atoms. The summed E-state index contributed by atoms with van der Waals surface area (Å²) in [6.45, 7) is 0.145. The van der Waals surface area contributed by atoms with E-state index in [4.69, 9.17) is 0 Å². The summed E-state index contributed by atoms with van der Waals surface area (Å²) in [7, 11) is -3.95. The third kappa shape index (κ3) is 5.12. The Bertz CT molecular complexity index is 1400. The first kappa shape index (κ1) is 22.3. The molecule has 2 N–H and O–H groups in total. The van der Waals surface area contributed by atoms with Crippen LogP contribution in [-0.4, -0.2) is 35.9 Å². The minimum Gasteiger partial charge on any atom is -0.406 e. The Balaban J connectivity index is 1.42. The quantitative estimate of drug-likeness (QED) is 0.439. The Morgan fingerprint density at radius 1 is 1.00 bits per heavy atom. The van der Waals surface area contributed by atoms with E-state index in [1.54, 1.807) is 12.3 Å². The van der Waals surface area contributed by atoms with Crippen LogP contribution in [0.4, 0.5) is 13.2 Å². The first-order valence-corrected chi connectivity index (χ1v) is 10.9. The molecule has 12 heteroatoms. The normalized spacial score (nSPS) is 12.0. The molecular weight excluding hydrogens is 461 g/mol. The molecule has 0 saturated heterocycles. The number of nitrogens with one attached hydrogen (secondary N) is 2. The van der Waals surface area contributed by atoms with Crippen molar-refractivity contribution in [2.24, 2.45) is 0 Å². The number of rotatable bonds is 6. The number of aromatic nitrogens is 3. The number of nitrogens with zero attached hydrogens (tertiary/aromatic N) is 2. The molecule has 0 aliphatic rings. The van der Waals surface area contributed by atoms with E-state index in [2.05, 4.69) is 25.2 Å². The molecule has 4 aromatic rings. The van der Waals surface area contributed by atoms with E-state index in [-0.39, 0.29) is 22.2 Å². The molecule has 0 radical (unpaired) electrons. The van der Waals surface area contributed by atoms with Crippen LogP contribution in [0.15, 0.2) is 76.8 Å². The largest absolute Gasteiger partial charge is 0.573 e. The standard InChI is InChI=1S/C21H15F3N4O4S/c22-21(23,24)32-16-3-7-18(8-4-16)33(30,31)17-5-1-13(2-6-17)10-26-20(29)15-9-14-12-27-28-19(14)25-11-15/h1-9,11-12H,10H2,(H,26,29)(H,25,27,28). The monoisotopic (exact) mass is 476 g/mol. The van der Waals surface area contributed by atoms with E-state index >= 15 is 0 Å². The molecule has 0 spiro atoms. The van der Waals surface area contributed by atoms with Gasteiger partial charge in [0.15, 0.2) is 5.65 Å². The number of fused-ring (bicyclic) bond motifs is 1. The van der Waals surface area contributed by atoms with Gasteiger partial charge >= 0.3 is 6.36 Å². The van der Waals surface area contributed by atoms with Gasteiger partial charge < -0.3 is 10.1 Å². The fourth-order valence-corrected chi connectivity index (χ4v) is 4.25. The summed E-state index contributed by atoms with van der Waals surface area (Å²) in [5.41, 5.74) is 1.56. The molecule has 0 unspecified atom stereocenters. The van der Waals surface area contributed by atoms with Crippen LogP contribution >= 0.6 is 0 Å². The van der Waals surface area contributed by atoms with Gasteiger partial charge in [-0.15, -0.1) is 13.2 Å². The van der Waals surface area contributed by atoms with Crippen molar-refractivity contribution in [3.63, 3.8) is 0 Å². The van der Waals surface area contributed by atoms with E-state index in [9.17, 15) is 26.4 Å². The van der Waals surface area contributed by atoms with Gasteiger partial charge in [0.2, 0.25) is 9.84 Å². The Hall–Kier alpha value is -3.93. The number of halogens is 3. The Labute approximate surface area is 185 Å². The van der Waals surface area contributed by atoms with Crippen LogP contribution in [0.5, 0.6) is 5.75 Å². The van der Waals surface area contributed by atoms with Gasteiger partial charge in [-0.05, 0) is 48.0 Å². The number of amides is 1. The first-order valence-electron chi connectivity index (χ1n) is 9.39. The highest BCUT2D eigenvalue weighted by atomic mass is 32.2. The summed E-state index contributed by atoms with van der Waals surface area (Å²) in [4.78, 5) is 16.2. The number of ether oxygens (including phenoxy) is 1. The number of carbonyl (C=O) groups excluding carboxylic acids is 1. The molecule has 4 rings (SSSR count). The number of pyridine rings is 1. The van der Waals surface area contributed by atoms with E-state index in [1.807, 2.05) is 0 Å². The van der Waals surface area contributed by atoms with Crippen molar-refractivity contribution < 1.29 is 31.1 Å². The molecule has 0 aliphatic heterocycles. The molecular formula is C21H15F3N4O4S. The van der Waals surface area contributed by atoms with Gasteiger partial charge in [-0.3, -0.25) is 9.89 Å². The third-order valence-corrected chi connectivity index (χ3v) is 6.39. The average molecular weight is 476 g/mol. The van der Waals surface area contributed by atoms with Gasteiger partial charge in [-0.2, -0.15) is 5.10 Å². The molecule has 0 fully saturated rings. The SMILES string of the molecule is O=C(NCc1ccc(S(=O)(=O)c2ccc(OC(F)(F)F)cc2)cc1)c1cnc2[nH]ncc2c1. The second kappa shape index (κ2) is 8.54. The van der Waals surface area contributed by atoms with E-state index < -0.39 is 21.9 Å². The number of hydrogen-bond donors (Lipinski definition) is 2. The van der Waals surface area contributed by atoms with E-state index in [0.29, 0.717) is 22.2 Å². The summed E-state index contributed by atoms with van der Waals surface area (Å²) in [5, 5.41) is 9.95. The Morgan fingerprint density at radius 2 is 1.64 bits per heavy atom. The number of carbonyl (C=O) groups is 1. The van der Waals surface area contributed by atoms with Crippen LogP contribution in [-0.2, 0) is 16.4 Å². The van der Waals surface area contributed by atoms with Crippen molar-refractivity contribution in [2.45, 2.75) is 22.7 Å². The van der Waals surface area contributed by atoms with Gasteiger partial charge in [0.1, 0.15) is 5.75 Å². The maximum absolute atomic E-state index is 12.7. The van der Waals surface area contributed by atoms with E-state index in [1.165, 1.54) is 30.5 Å². The first-order chi connectivity index (χ1) is 15.6. The summed E-state index contributed by atoms with van der Waals surface area (Å²) in [6.07, 6.45) is -1.90. The summed E-state index contributed by atoms with van der Waals surface area (Å²) >= 11 is 0. The molecule has 0 aliphatic carbocycles. The highest BCUT2D eigenvalue weighted by molar-refractivity contribution is 7.91. The lowest BCUT2D eigenvalue weighted by Gasteiger charge is -2.10. The summed E-state index contributed by atoms with van der Waals surface area (Å²) in [5.74, 6) is -0.877. The number of H-pyrrole nitrogens is 1. The zero-order chi connectivity index (χ0) is 23.6. The zero-order valence-corrected chi connectivity index (χ0v) is 17.4. The highest BCUT2D eigenvalue weighted by Crippen LogP contribution is 2.26. The van der Waals surface area contributed by atoms with Crippen molar-refractivity contribution in [1.29, 1.82) is 0 Å². The van der Waals surface area contributed by atoms with Gasteiger partial charge in [0, 0.05) is 18.1 Å². The fraction of sp³-hybridized carbons (Fsp3) is 0.0952. The molecule has 2 aromatic heterocycles. The van der Waals surface area contributed by atoms with Crippen molar-refractivity contribution in [1.82, 2.24) is 20.5 Å². The molecule has 2 heterocycles. The van der Waals surface area contributed by atoms with Crippen molar-refractivity contribution in [3.8, 4) is 5.75 Å². The second-order valence-corrected chi connectivity index (χ2v) is 8.83. The summed E-state index contributed by atoms with van der Waals surface area (Å²) in [6, 6.07) is 11.4. The Kier molecular flexibility index (Phi) is 5.77. The lowest BCUT2D eigenvalue weighted by atomic mass is 10.2. The van der Waals surface area contributed by atoms with Crippen molar-refractivity contribution in [2.75, 3.05) is 0 Å². The van der Waals surface area contributed by atoms with Crippen molar-refractivity contribution in [3.05, 3.63) is 78.1 Å². The minimum absolute atomic E-state index is 0.0447. The predicted octanol–water partition coefficient (Wildman–Crippen LogP) is 3.62. The number of alkyl halides is 3. The summed E-state index contributed by atoms with van der Waals surface area (Å²) < 4.78 is 66.0. The second-order valence-electron chi connectivity index (χ2n) is 6.88. The highest BCUT2D eigenvalue weighted by Gasteiger charge is 2.31. The minimum atomic E-state index is -4.87. The van der Waals surface area contributed by atoms with Gasteiger partial charge in [-0.25, -0.2) is 13.4 Å². The molecule has 1 amide bonds. The number of hydrogen-bond acceptors (Lipinski definition) is 6. The molecule has 2 aromatic carbocycles. The smallest absolute Gasteiger partial charge is 0.406 e. The lowest BCUT2D eigenvalue weighted by Crippen LogP contribution is -2.22. The van der Waals surface area contributed by atoms with Gasteiger partial charge in [-0.1, -0.05) is 12.1 Å². The van der Waals surface area contributed by atoms with Crippen LogP contribution in [0.3, 0.4) is 0 Å². The van der Waals surface area contributed by atoms with Crippen LogP contribution < -0.4 is 10.1 Å². The van der Waals surface area contributed by atoms with E-state index in [0.717, 1.165) is 24.3 Å². The number of sulfone groups is 1. The average Bonchev–Trinajstić information content (AvgIpc) is 3.25. The number of benzene rings is 2. The lowest BCUT2D eigenvalue weighted by molar-refractivity contribution is -0.274. The Morgan fingerprint density at radius 3 is 2.27 bits per heavy atom. The molecule has 0 saturated carbocycles. The fourth-order valence-electron chi connectivity index (χ4n) is 2.99. The van der Waals surface area contributed by atoms with Crippen LogP contribution in [0, 0.1) is 0 Å².